The van der Waals surface area contributed by atoms with E-state index in [1.165, 1.54) is 19.3 Å². The van der Waals surface area contributed by atoms with Gasteiger partial charge in [0.2, 0.25) is 0 Å². The normalized spacial score (nSPS) is 12.0. The second-order valence-corrected chi connectivity index (χ2v) is 3.11. The van der Waals surface area contributed by atoms with Crippen molar-refractivity contribution in [3.05, 3.63) is 6.61 Å². The van der Waals surface area contributed by atoms with Gasteiger partial charge in [-0.2, -0.15) is 0 Å². The summed E-state index contributed by atoms with van der Waals surface area (Å²) in [6.07, 6.45) is 3.65. The quantitative estimate of drug-likeness (QED) is 0.574. The predicted molar refractivity (Wildman–Crippen MR) is 49.2 cm³/mol. The summed E-state index contributed by atoms with van der Waals surface area (Å²) in [5.74, 6) is 0. The predicted octanol–water partition coefficient (Wildman–Crippen LogP) is 3.40. The van der Waals surface area contributed by atoms with Crippen LogP contribution in [0.1, 0.15) is 47.0 Å². The first-order chi connectivity index (χ1) is 5.24. The zero-order valence-corrected chi connectivity index (χ0v) is 8.31. The summed E-state index contributed by atoms with van der Waals surface area (Å²) in [6, 6.07) is 0. The van der Waals surface area contributed by atoms with Gasteiger partial charge in [-0.05, 0) is 31.6 Å². The summed E-state index contributed by atoms with van der Waals surface area (Å²) in [5.41, 5.74) is 0.423. The van der Waals surface area contributed by atoms with E-state index in [4.69, 9.17) is 4.74 Å². The SMILES string of the molecule is C[CH]OCC(CC)(CC)CC. The third kappa shape index (κ3) is 3.24. The highest BCUT2D eigenvalue weighted by atomic mass is 16.5. The van der Waals surface area contributed by atoms with Crippen LogP contribution >= 0.6 is 0 Å². The molecule has 0 saturated heterocycles. The van der Waals surface area contributed by atoms with Crippen molar-refractivity contribution in [3.63, 3.8) is 0 Å². The fraction of sp³-hybridized carbons (Fsp3) is 0.900. The molecule has 0 heterocycles. The Morgan fingerprint density at radius 2 is 1.55 bits per heavy atom. The Kier molecular flexibility index (Phi) is 5.57. The molecule has 0 aliphatic heterocycles. The lowest BCUT2D eigenvalue weighted by molar-refractivity contribution is 0.0733. The van der Waals surface area contributed by atoms with Gasteiger partial charge in [0.15, 0.2) is 0 Å². The van der Waals surface area contributed by atoms with Crippen molar-refractivity contribution in [2.75, 3.05) is 6.61 Å². The van der Waals surface area contributed by atoms with Crippen molar-refractivity contribution in [1.82, 2.24) is 0 Å². The molecule has 1 nitrogen and oxygen atoms in total. The molecule has 0 unspecified atom stereocenters. The second kappa shape index (κ2) is 5.59. The molecule has 0 aromatic rings. The third-order valence-electron chi connectivity index (χ3n) is 2.81. The topological polar surface area (TPSA) is 9.23 Å². The van der Waals surface area contributed by atoms with Crippen molar-refractivity contribution in [3.8, 4) is 0 Å². The fourth-order valence-corrected chi connectivity index (χ4v) is 1.32. The van der Waals surface area contributed by atoms with Crippen LogP contribution in [0.3, 0.4) is 0 Å². The largest absolute Gasteiger partial charge is 0.375 e. The summed E-state index contributed by atoms with van der Waals surface area (Å²) >= 11 is 0. The summed E-state index contributed by atoms with van der Waals surface area (Å²) in [6.45, 7) is 11.3. The third-order valence-corrected chi connectivity index (χ3v) is 2.81. The maximum atomic E-state index is 5.35. The lowest BCUT2D eigenvalue weighted by Crippen LogP contribution is -2.23. The number of ether oxygens (including phenoxy) is 1. The molecule has 0 rings (SSSR count). The lowest BCUT2D eigenvalue weighted by atomic mass is 9.81. The summed E-state index contributed by atoms with van der Waals surface area (Å²) in [5, 5.41) is 0. The minimum Gasteiger partial charge on any atom is -0.375 e. The molecule has 0 atom stereocenters. The van der Waals surface area contributed by atoms with Crippen molar-refractivity contribution in [2.24, 2.45) is 5.41 Å². The summed E-state index contributed by atoms with van der Waals surface area (Å²) < 4.78 is 5.35. The van der Waals surface area contributed by atoms with Gasteiger partial charge in [-0.15, -0.1) is 0 Å². The number of hydrogen-bond donors (Lipinski definition) is 0. The molecule has 0 aliphatic rings. The Morgan fingerprint density at radius 3 is 1.82 bits per heavy atom. The van der Waals surface area contributed by atoms with E-state index >= 15 is 0 Å². The molecule has 0 amide bonds. The first-order valence-electron chi connectivity index (χ1n) is 4.64. The molecule has 67 valence electrons. The van der Waals surface area contributed by atoms with Crippen LogP contribution in [-0.2, 0) is 4.74 Å². The van der Waals surface area contributed by atoms with E-state index in [0.717, 1.165) is 6.61 Å². The van der Waals surface area contributed by atoms with Crippen LogP contribution in [0.15, 0.2) is 0 Å². The molecule has 0 spiro atoms. The average molecular weight is 157 g/mol. The van der Waals surface area contributed by atoms with E-state index in [1.54, 1.807) is 6.61 Å². The fourth-order valence-electron chi connectivity index (χ4n) is 1.32. The van der Waals surface area contributed by atoms with Crippen LogP contribution in [0.2, 0.25) is 0 Å². The standard InChI is InChI=1S/C10H21O/c1-5-10(6-2,7-3)9-11-8-4/h8H,5-7,9H2,1-4H3. The van der Waals surface area contributed by atoms with Gasteiger partial charge in [-0.3, -0.25) is 0 Å². The van der Waals surface area contributed by atoms with Gasteiger partial charge in [0.05, 0.1) is 13.2 Å². The summed E-state index contributed by atoms with van der Waals surface area (Å²) in [7, 11) is 0. The van der Waals surface area contributed by atoms with Crippen LogP contribution in [0.25, 0.3) is 0 Å². The molecule has 1 radical (unpaired) electrons. The minimum absolute atomic E-state index is 0.423. The van der Waals surface area contributed by atoms with Crippen LogP contribution < -0.4 is 0 Å². The van der Waals surface area contributed by atoms with Crippen molar-refractivity contribution >= 4 is 0 Å². The molecule has 0 aromatic heterocycles. The van der Waals surface area contributed by atoms with Crippen molar-refractivity contribution < 1.29 is 4.74 Å². The molecule has 0 fully saturated rings. The highest BCUT2D eigenvalue weighted by Gasteiger charge is 2.23. The molecule has 11 heavy (non-hydrogen) atoms. The Labute approximate surface area is 71.1 Å². The van der Waals surface area contributed by atoms with E-state index in [0.29, 0.717) is 5.41 Å². The van der Waals surface area contributed by atoms with Gasteiger partial charge >= 0.3 is 0 Å². The van der Waals surface area contributed by atoms with Gasteiger partial charge in [0.25, 0.3) is 0 Å². The molecule has 0 aromatic carbocycles. The average Bonchev–Trinajstić information content (AvgIpc) is 2.08. The van der Waals surface area contributed by atoms with Crippen LogP contribution in [-0.4, -0.2) is 6.61 Å². The zero-order chi connectivity index (χ0) is 8.74. The first kappa shape index (κ1) is 11.0. The Balaban J connectivity index is 3.84. The van der Waals surface area contributed by atoms with E-state index < -0.39 is 0 Å². The highest BCUT2D eigenvalue weighted by Crippen LogP contribution is 2.30. The molecule has 0 saturated carbocycles. The Morgan fingerprint density at radius 1 is 1.09 bits per heavy atom. The smallest absolute Gasteiger partial charge is 0.0806 e. The van der Waals surface area contributed by atoms with Gasteiger partial charge in [0.1, 0.15) is 0 Å². The Bertz CT molecular complexity index is 76.6. The van der Waals surface area contributed by atoms with Gasteiger partial charge in [0, 0.05) is 0 Å². The highest BCUT2D eigenvalue weighted by molar-refractivity contribution is 4.74. The molecule has 0 bridgehead atoms. The van der Waals surface area contributed by atoms with Gasteiger partial charge in [-0.25, -0.2) is 0 Å². The zero-order valence-electron chi connectivity index (χ0n) is 8.31. The minimum atomic E-state index is 0.423. The number of hydrogen-bond acceptors (Lipinski definition) is 1. The van der Waals surface area contributed by atoms with Gasteiger partial charge < -0.3 is 4.74 Å². The summed E-state index contributed by atoms with van der Waals surface area (Å²) in [4.78, 5) is 0. The molecular formula is C10H21O. The Hall–Kier alpha value is -0.0400. The molecular weight excluding hydrogens is 136 g/mol. The maximum absolute atomic E-state index is 5.35. The first-order valence-corrected chi connectivity index (χ1v) is 4.64. The van der Waals surface area contributed by atoms with Crippen LogP contribution in [0.4, 0.5) is 0 Å². The van der Waals surface area contributed by atoms with Crippen LogP contribution in [0, 0.1) is 12.0 Å². The molecule has 0 N–H and O–H groups in total. The van der Waals surface area contributed by atoms with E-state index in [-0.39, 0.29) is 0 Å². The molecule has 0 aliphatic carbocycles. The maximum Gasteiger partial charge on any atom is 0.0806 e. The second-order valence-electron chi connectivity index (χ2n) is 3.11. The van der Waals surface area contributed by atoms with E-state index in [2.05, 4.69) is 20.8 Å². The van der Waals surface area contributed by atoms with Crippen molar-refractivity contribution in [1.29, 1.82) is 0 Å². The number of rotatable bonds is 6. The van der Waals surface area contributed by atoms with E-state index in [9.17, 15) is 0 Å². The molecule has 1 heteroatoms. The van der Waals surface area contributed by atoms with Crippen LogP contribution in [0.5, 0.6) is 0 Å². The monoisotopic (exact) mass is 157 g/mol. The van der Waals surface area contributed by atoms with Crippen molar-refractivity contribution in [2.45, 2.75) is 47.0 Å². The van der Waals surface area contributed by atoms with Gasteiger partial charge in [-0.1, -0.05) is 20.8 Å². The van der Waals surface area contributed by atoms with E-state index in [1.807, 2.05) is 6.92 Å². The lowest BCUT2D eigenvalue weighted by Gasteiger charge is -2.29.